The van der Waals surface area contributed by atoms with E-state index < -0.39 is 18.8 Å². The molecule has 1 aliphatic carbocycles. The molecule has 6 nitrogen and oxygen atoms in total. The maximum atomic E-state index is 14.9. The first-order chi connectivity index (χ1) is 14.2. The van der Waals surface area contributed by atoms with Crippen molar-refractivity contribution in [2.24, 2.45) is 0 Å². The molecular weight excluding hydrogens is 486 g/mol. The van der Waals surface area contributed by atoms with Crippen LogP contribution in [0.4, 0.5) is 10.1 Å². The fraction of sp³-hybridized carbons (Fsp3) is 0.500. The smallest absolute Gasteiger partial charge is 0.349 e. The Kier molecular flexibility index (Phi) is 9.07. The average molecular weight is 517 g/mol. The predicted molar refractivity (Wildman–Crippen MR) is 130 cm³/mol. The third-order valence-corrected chi connectivity index (χ3v) is 6.43. The summed E-state index contributed by atoms with van der Waals surface area (Å²) in [6.45, 7) is 4.07. The second-order valence-corrected chi connectivity index (χ2v) is 9.50. The van der Waals surface area contributed by atoms with Gasteiger partial charge in [0.2, 0.25) is 0 Å². The number of nitrogens with zero attached hydrogens (tertiary/aromatic N) is 1. The summed E-state index contributed by atoms with van der Waals surface area (Å²) >= 11 is 0. The molecule has 0 atom stereocenters. The summed E-state index contributed by atoms with van der Waals surface area (Å²) in [5.41, 5.74) is 0.707. The Labute approximate surface area is 192 Å². The number of aromatic nitrogens is 1. The molecule has 1 aliphatic rings. The highest BCUT2D eigenvalue weighted by molar-refractivity contribution is 8.93. The van der Waals surface area contributed by atoms with Crippen LogP contribution in [0.3, 0.4) is 0 Å². The fourth-order valence-corrected chi connectivity index (χ4v) is 4.60. The lowest BCUT2D eigenvalue weighted by atomic mass is 9.95. The molecule has 172 valence electrons. The van der Waals surface area contributed by atoms with Crippen LogP contribution >= 0.6 is 24.6 Å². The quantitative estimate of drug-likeness (QED) is 0.394. The minimum Gasteiger partial charge on any atom is -0.380 e. The largest absolute Gasteiger partial charge is 0.380 e. The van der Waals surface area contributed by atoms with E-state index in [2.05, 4.69) is 5.32 Å². The molecule has 1 heterocycles. The molecule has 1 fully saturated rings. The van der Waals surface area contributed by atoms with Crippen molar-refractivity contribution in [3.05, 3.63) is 45.8 Å². The number of anilines is 1. The van der Waals surface area contributed by atoms with Crippen molar-refractivity contribution >= 4 is 47.2 Å². The Morgan fingerprint density at radius 1 is 1.23 bits per heavy atom. The third-order valence-electron chi connectivity index (χ3n) is 5.90. The maximum Gasteiger partial charge on any atom is 0.349 e. The van der Waals surface area contributed by atoms with Gasteiger partial charge in [0.05, 0.1) is 11.2 Å². The Bertz CT molecular complexity index is 1040. The van der Waals surface area contributed by atoms with Gasteiger partial charge >= 0.3 is 7.60 Å². The van der Waals surface area contributed by atoms with Crippen LogP contribution in [0.25, 0.3) is 17.0 Å². The SMILES string of the molecule is Br.CCC(CC)n1cc(C=CP(=O)(O)O)c(=O)c2cc(F)c(NC3CCCCC3)cc21. The minimum atomic E-state index is -4.42. The molecule has 2 aromatic rings. The monoisotopic (exact) mass is 516 g/mol. The molecular formula is C22H31BrFN2O4P. The van der Waals surface area contributed by atoms with Crippen molar-refractivity contribution in [3.63, 3.8) is 0 Å². The number of halogens is 2. The zero-order valence-corrected chi connectivity index (χ0v) is 20.5. The normalized spacial score (nSPS) is 15.5. The van der Waals surface area contributed by atoms with Gasteiger partial charge in [0.25, 0.3) is 0 Å². The lowest BCUT2D eigenvalue weighted by Crippen LogP contribution is -2.23. The van der Waals surface area contributed by atoms with E-state index in [1.54, 1.807) is 12.3 Å². The van der Waals surface area contributed by atoms with Crippen LogP contribution in [-0.2, 0) is 4.57 Å². The number of hydrogen-bond donors (Lipinski definition) is 3. The zero-order valence-electron chi connectivity index (χ0n) is 17.9. The summed E-state index contributed by atoms with van der Waals surface area (Å²) in [4.78, 5) is 31.2. The number of pyridine rings is 1. The van der Waals surface area contributed by atoms with Crippen molar-refractivity contribution in [3.8, 4) is 0 Å². The molecule has 3 rings (SSSR count). The highest BCUT2D eigenvalue weighted by Gasteiger charge is 2.19. The number of rotatable bonds is 7. The molecule has 1 saturated carbocycles. The topological polar surface area (TPSA) is 91.6 Å². The molecule has 0 aliphatic heterocycles. The summed E-state index contributed by atoms with van der Waals surface area (Å²) in [5, 5.41) is 3.52. The van der Waals surface area contributed by atoms with Gasteiger partial charge in [-0.05, 0) is 43.9 Å². The van der Waals surface area contributed by atoms with Gasteiger partial charge < -0.3 is 19.7 Å². The van der Waals surface area contributed by atoms with Gasteiger partial charge in [-0.3, -0.25) is 9.36 Å². The van der Waals surface area contributed by atoms with E-state index >= 15 is 0 Å². The summed E-state index contributed by atoms with van der Waals surface area (Å²) in [6.07, 6.45) is 9.83. The molecule has 0 radical (unpaired) electrons. The van der Waals surface area contributed by atoms with E-state index in [1.807, 2.05) is 18.4 Å². The average Bonchev–Trinajstić information content (AvgIpc) is 2.71. The van der Waals surface area contributed by atoms with Crippen LogP contribution < -0.4 is 10.7 Å². The van der Waals surface area contributed by atoms with Crippen LogP contribution in [0.2, 0.25) is 0 Å². The van der Waals surface area contributed by atoms with E-state index in [1.165, 1.54) is 12.5 Å². The number of hydrogen-bond acceptors (Lipinski definition) is 3. The van der Waals surface area contributed by atoms with Gasteiger partial charge in [0.1, 0.15) is 5.82 Å². The first-order valence-corrected chi connectivity index (χ1v) is 12.3. The van der Waals surface area contributed by atoms with Crippen LogP contribution in [0.1, 0.15) is 70.4 Å². The fourth-order valence-electron chi connectivity index (χ4n) is 4.25. The number of fused-ring (bicyclic) bond motifs is 1. The number of benzene rings is 1. The van der Waals surface area contributed by atoms with E-state index in [0.29, 0.717) is 17.0 Å². The molecule has 0 spiro atoms. The number of nitrogens with one attached hydrogen (secondary N) is 1. The predicted octanol–water partition coefficient (Wildman–Crippen LogP) is 5.97. The van der Waals surface area contributed by atoms with Crippen molar-refractivity contribution < 1.29 is 18.7 Å². The summed E-state index contributed by atoms with van der Waals surface area (Å²) in [6, 6.07) is 3.25. The first-order valence-electron chi connectivity index (χ1n) is 10.6. The second-order valence-electron chi connectivity index (χ2n) is 8.02. The maximum absolute atomic E-state index is 14.9. The van der Waals surface area contributed by atoms with Gasteiger partial charge in [-0.15, -0.1) is 17.0 Å². The molecule has 9 heteroatoms. The van der Waals surface area contributed by atoms with Crippen molar-refractivity contribution in [2.75, 3.05) is 5.32 Å². The van der Waals surface area contributed by atoms with Gasteiger partial charge in [-0.1, -0.05) is 33.1 Å². The molecule has 1 aromatic heterocycles. The Hall–Kier alpha value is -1.47. The van der Waals surface area contributed by atoms with Gasteiger partial charge in [0.15, 0.2) is 5.43 Å². The van der Waals surface area contributed by atoms with E-state index in [0.717, 1.165) is 44.6 Å². The van der Waals surface area contributed by atoms with E-state index in [4.69, 9.17) is 9.79 Å². The standard InChI is InChI=1S/C22H30FN2O4P.BrH/c1-3-17(4-2)25-14-15(10-11-30(27,28)29)22(26)18-12-19(23)20(13-21(18)25)24-16-8-6-5-7-9-16;/h10-14,16-17,24H,3-9H2,1-2H3,(H2,27,28,29);1H. The molecule has 0 saturated heterocycles. The molecule has 1 aromatic carbocycles. The van der Waals surface area contributed by atoms with Crippen LogP contribution in [-0.4, -0.2) is 20.4 Å². The van der Waals surface area contributed by atoms with Crippen LogP contribution in [0.15, 0.2) is 28.9 Å². The summed E-state index contributed by atoms with van der Waals surface area (Å²) in [5.74, 6) is 0.222. The lowest BCUT2D eigenvalue weighted by Gasteiger charge is -2.25. The van der Waals surface area contributed by atoms with Crippen molar-refractivity contribution in [1.29, 1.82) is 0 Å². The second kappa shape index (κ2) is 10.9. The molecule has 31 heavy (non-hydrogen) atoms. The van der Waals surface area contributed by atoms with E-state index in [-0.39, 0.29) is 40.0 Å². The molecule has 0 bridgehead atoms. The van der Waals surface area contributed by atoms with Crippen LogP contribution in [0.5, 0.6) is 0 Å². The summed E-state index contributed by atoms with van der Waals surface area (Å²) < 4.78 is 28.1. The molecule has 0 amide bonds. The third kappa shape index (κ3) is 6.28. The van der Waals surface area contributed by atoms with Crippen LogP contribution in [0, 0.1) is 5.82 Å². The highest BCUT2D eigenvalue weighted by atomic mass is 79.9. The van der Waals surface area contributed by atoms with E-state index in [9.17, 15) is 13.8 Å². The van der Waals surface area contributed by atoms with Crippen molar-refractivity contribution in [2.45, 2.75) is 70.9 Å². The zero-order chi connectivity index (χ0) is 21.9. The highest BCUT2D eigenvalue weighted by Crippen LogP contribution is 2.37. The van der Waals surface area contributed by atoms with Gasteiger partial charge in [0, 0.05) is 35.0 Å². The Morgan fingerprint density at radius 3 is 2.45 bits per heavy atom. The van der Waals surface area contributed by atoms with Gasteiger partial charge in [-0.2, -0.15) is 0 Å². The first kappa shape index (κ1) is 25.8. The summed E-state index contributed by atoms with van der Waals surface area (Å²) in [7, 11) is -4.42. The molecule has 0 unspecified atom stereocenters. The van der Waals surface area contributed by atoms with Gasteiger partial charge in [-0.25, -0.2) is 4.39 Å². The Morgan fingerprint density at radius 2 is 1.87 bits per heavy atom. The lowest BCUT2D eigenvalue weighted by molar-refractivity contribution is 0.386. The molecule has 3 N–H and O–H groups in total. The van der Waals surface area contributed by atoms with Crippen molar-refractivity contribution in [1.82, 2.24) is 4.57 Å². The Balaban J connectivity index is 0.00000341. The minimum absolute atomic E-state index is 0.